The van der Waals surface area contributed by atoms with Crippen LogP contribution in [-0.2, 0) is 14.8 Å². The van der Waals surface area contributed by atoms with Gasteiger partial charge in [-0.2, -0.15) is 0 Å². The quantitative estimate of drug-likeness (QED) is 0.726. The molecule has 1 aromatic carbocycles. The number of urea groups is 1. The van der Waals surface area contributed by atoms with Crippen molar-refractivity contribution >= 4 is 33.3 Å². The molecule has 1 aliphatic heterocycles. The van der Waals surface area contributed by atoms with Crippen LogP contribution in [0.2, 0.25) is 0 Å². The van der Waals surface area contributed by atoms with E-state index >= 15 is 0 Å². The van der Waals surface area contributed by atoms with Crippen LogP contribution >= 0.6 is 0 Å². The minimum atomic E-state index is -3.32. The molecule has 9 heteroatoms. The third-order valence-corrected chi connectivity index (χ3v) is 3.67. The van der Waals surface area contributed by atoms with E-state index in [0.29, 0.717) is 24.5 Å². The van der Waals surface area contributed by atoms with Crippen molar-refractivity contribution in [2.75, 3.05) is 29.4 Å². The maximum atomic E-state index is 12.1. The summed E-state index contributed by atoms with van der Waals surface area (Å²) in [4.78, 5) is 24.7. The van der Waals surface area contributed by atoms with E-state index in [0.717, 1.165) is 11.2 Å². The molecule has 3 amide bonds. The van der Waals surface area contributed by atoms with Gasteiger partial charge in [-0.05, 0) is 31.2 Å². The van der Waals surface area contributed by atoms with Gasteiger partial charge in [-0.15, -0.1) is 0 Å². The number of hydrogen-bond donors (Lipinski definition) is 3. The van der Waals surface area contributed by atoms with Crippen LogP contribution in [0.1, 0.15) is 6.92 Å². The molecule has 0 saturated carbocycles. The van der Waals surface area contributed by atoms with Gasteiger partial charge in [-0.3, -0.25) is 14.4 Å². The second kappa shape index (κ2) is 6.22. The maximum absolute atomic E-state index is 12.1. The number of amides is 3. The first-order valence-corrected chi connectivity index (χ1v) is 8.59. The first-order chi connectivity index (χ1) is 10.3. The molecule has 1 atom stereocenters. The zero-order chi connectivity index (χ0) is 16.3. The number of rotatable bonds is 5. The average molecular weight is 326 g/mol. The van der Waals surface area contributed by atoms with E-state index in [9.17, 15) is 18.0 Å². The number of hydrogen-bond acceptors (Lipinski definition) is 5. The van der Waals surface area contributed by atoms with E-state index in [1.807, 2.05) is 0 Å². The van der Waals surface area contributed by atoms with Crippen LogP contribution in [-0.4, -0.2) is 50.6 Å². The normalized spacial score (nSPS) is 16.1. The molecule has 8 nitrogen and oxygen atoms in total. The fraction of sp³-hybridized carbons (Fsp3) is 0.385. The molecule has 1 heterocycles. The Bertz CT molecular complexity index is 672. The predicted octanol–water partition coefficient (Wildman–Crippen LogP) is 0.410. The summed E-state index contributed by atoms with van der Waals surface area (Å²) < 4.78 is 24.6. The Balaban J connectivity index is 1.98. The molecule has 22 heavy (non-hydrogen) atoms. The summed E-state index contributed by atoms with van der Waals surface area (Å²) in [6, 6.07) is 5.53. The number of anilines is 2. The van der Waals surface area contributed by atoms with Crippen molar-refractivity contribution in [3.05, 3.63) is 24.3 Å². The Hall–Kier alpha value is -2.29. The molecular weight excluding hydrogens is 308 g/mol. The predicted molar refractivity (Wildman–Crippen MR) is 83.1 cm³/mol. The number of sulfonamides is 1. The molecule has 3 N–H and O–H groups in total. The highest BCUT2D eigenvalue weighted by Crippen LogP contribution is 2.16. The number of benzene rings is 1. The topological polar surface area (TPSA) is 108 Å². The van der Waals surface area contributed by atoms with Gasteiger partial charge in [0.25, 0.3) is 5.91 Å². The largest absolute Gasteiger partial charge is 0.374 e. The first-order valence-electron chi connectivity index (χ1n) is 6.70. The lowest BCUT2D eigenvalue weighted by Gasteiger charge is -2.19. The number of carbonyl (C=O) groups is 2. The summed E-state index contributed by atoms with van der Waals surface area (Å²) in [5.74, 6) is -0.312. The van der Waals surface area contributed by atoms with Crippen molar-refractivity contribution in [2.24, 2.45) is 0 Å². The van der Waals surface area contributed by atoms with Gasteiger partial charge in [0.1, 0.15) is 6.04 Å². The highest BCUT2D eigenvalue weighted by Gasteiger charge is 2.29. The summed E-state index contributed by atoms with van der Waals surface area (Å²) >= 11 is 0. The molecule has 0 aromatic heterocycles. The molecule has 1 saturated heterocycles. The van der Waals surface area contributed by atoms with E-state index < -0.39 is 16.1 Å². The fourth-order valence-corrected chi connectivity index (χ4v) is 2.64. The van der Waals surface area contributed by atoms with Gasteiger partial charge in [0, 0.05) is 24.5 Å². The van der Waals surface area contributed by atoms with E-state index in [4.69, 9.17) is 0 Å². The molecule has 1 aliphatic rings. The minimum absolute atomic E-state index is 0.312. The van der Waals surface area contributed by atoms with Gasteiger partial charge in [-0.25, -0.2) is 13.2 Å². The number of nitrogens with one attached hydrogen (secondary N) is 3. The number of imide groups is 1. The third kappa shape index (κ3) is 4.10. The van der Waals surface area contributed by atoms with Gasteiger partial charge in [0.2, 0.25) is 10.0 Å². The average Bonchev–Trinajstić information content (AvgIpc) is 2.84. The van der Waals surface area contributed by atoms with E-state index in [-0.39, 0.29) is 11.9 Å². The van der Waals surface area contributed by atoms with E-state index in [1.54, 1.807) is 31.2 Å². The second-order valence-corrected chi connectivity index (χ2v) is 6.79. The van der Waals surface area contributed by atoms with Crippen molar-refractivity contribution in [3.63, 3.8) is 0 Å². The zero-order valence-corrected chi connectivity index (χ0v) is 13.1. The molecule has 0 bridgehead atoms. The van der Waals surface area contributed by atoms with E-state index in [1.165, 1.54) is 0 Å². The van der Waals surface area contributed by atoms with Gasteiger partial charge < -0.3 is 10.6 Å². The number of carbonyl (C=O) groups excluding carboxylic acids is 2. The third-order valence-electron chi connectivity index (χ3n) is 3.06. The monoisotopic (exact) mass is 326 g/mol. The molecule has 0 spiro atoms. The highest BCUT2D eigenvalue weighted by molar-refractivity contribution is 7.92. The van der Waals surface area contributed by atoms with Crippen LogP contribution in [0.15, 0.2) is 24.3 Å². The van der Waals surface area contributed by atoms with Crippen LogP contribution in [0.5, 0.6) is 0 Å². The Morgan fingerprint density at radius 2 is 1.86 bits per heavy atom. The summed E-state index contributed by atoms with van der Waals surface area (Å²) in [5, 5.41) is 5.55. The van der Waals surface area contributed by atoms with Crippen LogP contribution in [0.25, 0.3) is 0 Å². The van der Waals surface area contributed by atoms with Crippen LogP contribution in [0, 0.1) is 0 Å². The van der Waals surface area contributed by atoms with Crippen molar-refractivity contribution < 1.29 is 18.0 Å². The second-order valence-electron chi connectivity index (χ2n) is 5.04. The Labute approximate surface area is 128 Å². The Morgan fingerprint density at radius 1 is 1.27 bits per heavy atom. The van der Waals surface area contributed by atoms with Crippen molar-refractivity contribution in [1.82, 2.24) is 10.2 Å². The molecule has 1 unspecified atom stereocenters. The molecule has 0 radical (unpaired) electrons. The van der Waals surface area contributed by atoms with Gasteiger partial charge >= 0.3 is 6.03 Å². The summed E-state index contributed by atoms with van der Waals surface area (Å²) in [7, 11) is -3.32. The molecule has 120 valence electrons. The van der Waals surface area contributed by atoms with Gasteiger partial charge in [0.15, 0.2) is 0 Å². The lowest BCUT2D eigenvalue weighted by molar-refractivity contribution is -0.128. The fourth-order valence-electron chi connectivity index (χ4n) is 2.08. The molecular formula is C13H18N4O4S. The molecule has 1 fully saturated rings. The van der Waals surface area contributed by atoms with Gasteiger partial charge in [-0.1, -0.05) is 0 Å². The SMILES string of the molecule is CC(Nc1ccc(NS(C)(=O)=O)cc1)C(=O)N1CCNC1=O. The van der Waals surface area contributed by atoms with Crippen LogP contribution in [0.4, 0.5) is 16.2 Å². The maximum Gasteiger partial charge on any atom is 0.324 e. The van der Waals surface area contributed by atoms with Crippen molar-refractivity contribution in [2.45, 2.75) is 13.0 Å². The van der Waals surface area contributed by atoms with Gasteiger partial charge in [0.05, 0.1) is 6.26 Å². The van der Waals surface area contributed by atoms with Crippen LogP contribution in [0.3, 0.4) is 0 Å². The lowest BCUT2D eigenvalue weighted by Crippen LogP contribution is -2.43. The Kier molecular flexibility index (Phi) is 4.55. The number of nitrogens with zero attached hydrogens (tertiary/aromatic N) is 1. The highest BCUT2D eigenvalue weighted by atomic mass is 32.2. The lowest BCUT2D eigenvalue weighted by atomic mass is 10.2. The summed E-state index contributed by atoms with van der Waals surface area (Å²) in [6.45, 7) is 2.49. The zero-order valence-electron chi connectivity index (χ0n) is 12.3. The summed E-state index contributed by atoms with van der Waals surface area (Å²) in [6.07, 6.45) is 1.07. The van der Waals surface area contributed by atoms with Crippen molar-refractivity contribution in [3.8, 4) is 0 Å². The molecule has 0 aliphatic carbocycles. The smallest absolute Gasteiger partial charge is 0.324 e. The first kappa shape index (κ1) is 16.1. The molecule has 2 rings (SSSR count). The minimum Gasteiger partial charge on any atom is -0.374 e. The molecule has 1 aromatic rings. The summed E-state index contributed by atoms with van der Waals surface area (Å²) in [5.41, 5.74) is 1.09. The van der Waals surface area contributed by atoms with E-state index in [2.05, 4.69) is 15.4 Å². The van der Waals surface area contributed by atoms with Crippen LogP contribution < -0.4 is 15.4 Å². The Morgan fingerprint density at radius 3 is 2.36 bits per heavy atom. The van der Waals surface area contributed by atoms with Crippen molar-refractivity contribution in [1.29, 1.82) is 0 Å². The standard InChI is InChI=1S/C13H18N4O4S/c1-9(12(18)17-8-7-14-13(17)19)15-10-3-5-11(6-4-10)16-22(2,20)21/h3-6,9,15-16H,7-8H2,1-2H3,(H,14,19).